The lowest BCUT2D eigenvalue weighted by atomic mass is 9.78. The Balaban J connectivity index is 1.59. The molecule has 30 heavy (non-hydrogen) atoms. The molecule has 3 aromatic rings. The van der Waals surface area contributed by atoms with Crippen LogP contribution in [0.25, 0.3) is 10.8 Å². The molecule has 154 valence electrons. The van der Waals surface area contributed by atoms with Gasteiger partial charge in [-0.05, 0) is 36.6 Å². The fraction of sp³-hybridized carbons (Fsp3) is 0.273. The van der Waals surface area contributed by atoms with Gasteiger partial charge in [-0.25, -0.2) is 4.68 Å². The molecule has 1 heterocycles. The topological polar surface area (TPSA) is 93.1 Å². The van der Waals surface area contributed by atoms with E-state index in [2.05, 4.69) is 16.0 Å². The van der Waals surface area contributed by atoms with Crippen molar-refractivity contribution in [2.24, 2.45) is 7.05 Å². The molecule has 0 aliphatic heterocycles. The lowest BCUT2D eigenvalue weighted by molar-refractivity contribution is -0.127. The fourth-order valence-electron chi connectivity index (χ4n) is 4.15. The highest BCUT2D eigenvalue weighted by molar-refractivity contribution is 6.30. The molecule has 7 nitrogen and oxygen atoms in total. The van der Waals surface area contributed by atoms with Crippen molar-refractivity contribution in [3.63, 3.8) is 0 Å². The third-order valence-corrected chi connectivity index (χ3v) is 6.00. The normalized spacial score (nSPS) is 15.1. The molecule has 2 aromatic carbocycles. The van der Waals surface area contributed by atoms with Crippen molar-refractivity contribution in [3.8, 4) is 0 Å². The van der Waals surface area contributed by atoms with E-state index in [0.717, 1.165) is 23.1 Å². The number of hydrogen-bond acceptors (Lipinski definition) is 4. The highest BCUT2D eigenvalue weighted by Crippen LogP contribution is 2.41. The van der Waals surface area contributed by atoms with Gasteiger partial charge in [-0.3, -0.25) is 25.2 Å². The Labute approximate surface area is 178 Å². The van der Waals surface area contributed by atoms with Crippen LogP contribution < -0.4 is 16.4 Å². The summed E-state index contributed by atoms with van der Waals surface area (Å²) in [6, 6.07) is 14.0. The maximum absolute atomic E-state index is 13.1. The Morgan fingerprint density at radius 2 is 1.63 bits per heavy atom. The Morgan fingerprint density at radius 1 is 1.00 bits per heavy atom. The SMILES string of the molecule is Cn1nc(C(=O)NNC(=O)C2(c3ccc(Cl)cc3)CCCC2)c2ccccc2c1=O. The van der Waals surface area contributed by atoms with Crippen LogP contribution in [-0.2, 0) is 17.3 Å². The van der Waals surface area contributed by atoms with Gasteiger partial charge in [-0.2, -0.15) is 5.10 Å². The molecule has 1 saturated carbocycles. The predicted molar refractivity (Wildman–Crippen MR) is 114 cm³/mol. The highest BCUT2D eigenvalue weighted by Gasteiger charge is 2.43. The molecule has 0 bridgehead atoms. The van der Waals surface area contributed by atoms with Gasteiger partial charge in [0.05, 0.1) is 10.8 Å². The number of nitrogens with zero attached hydrogens (tertiary/aromatic N) is 2. The Bertz CT molecular complexity index is 1180. The molecule has 0 saturated heterocycles. The number of benzene rings is 2. The summed E-state index contributed by atoms with van der Waals surface area (Å²) in [4.78, 5) is 38.2. The summed E-state index contributed by atoms with van der Waals surface area (Å²) in [6.45, 7) is 0. The van der Waals surface area contributed by atoms with Crippen molar-refractivity contribution in [1.82, 2.24) is 20.6 Å². The number of aromatic nitrogens is 2. The highest BCUT2D eigenvalue weighted by atomic mass is 35.5. The second-order valence-electron chi connectivity index (χ2n) is 7.53. The average molecular weight is 425 g/mol. The second-order valence-corrected chi connectivity index (χ2v) is 7.96. The molecule has 0 spiro atoms. The van der Waals surface area contributed by atoms with Crippen LogP contribution in [0.2, 0.25) is 5.02 Å². The largest absolute Gasteiger partial charge is 0.290 e. The predicted octanol–water partition coefficient (Wildman–Crippen LogP) is 2.86. The molecule has 0 radical (unpaired) electrons. The van der Waals surface area contributed by atoms with Crippen molar-refractivity contribution in [3.05, 3.63) is 75.2 Å². The van der Waals surface area contributed by atoms with Crippen LogP contribution in [0.4, 0.5) is 0 Å². The van der Waals surface area contributed by atoms with Crippen molar-refractivity contribution in [1.29, 1.82) is 0 Å². The first kappa shape index (κ1) is 20.1. The molecular weight excluding hydrogens is 404 g/mol. The number of halogens is 1. The molecule has 1 aliphatic rings. The van der Waals surface area contributed by atoms with Crippen LogP contribution >= 0.6 is 11.6 Å². The summed E-state index contributed by atoms with van der Waals surface area (Å²) >= 11 is 6.00. The number of nitrogens with one attached hydrogen (secondary N) is 2. The summed E-state index contributed by atoms with van der Waals surface area (Å²) in [5, 5.41) is 5.51. The zero-order chi connectivity index (χ0) is 21.3. The van der Waals surface area contributed by atoms with Crippen molar-refractivity contribution in [2.45, 2.75) is 31.1 Å². The van der Waals surface area contributed by atoms with Gasteiger partial charge in [0.25, 0.3) is 11.5 Å². The Morgan fingerprint density at radius 3 is 2.30 bits per heavy atom. The fourth-order valence-corrected chi connectivity index (χ4v) is 4.28. The van der Waals surface area contributed by atoms with Crippen LogP contribution in [0, 0.1) is 0 Å². The van der Waals surface area contributed by atoms with E-state index < -0.39 is 11.3 Å². The molecular formula is C22H21ClN4O3. The van der Waals surface area contributed by atoms with E-state index in [-0.39, 0.29) is 17.2 Å². The minimum Gasteiger partial charge on any atom is -0.272 e. The van der Waals surface area contributed by atoms with Crippen LogP contribution in [0.3, 0.4) is 0 Å². The summed E-state index contributed by atoms with van der Waals surface area (Å²) < 4.78 is 1.12. The van der Waals surface area contributed by atoms with Gasteiger partial charge in [0, 0.05) is 17.5 Å². The zero-order valence-electron chi connectivity index (χ0n) is 16.4. The van der Waals surface area contributed by atoms with Gasteiger partial charge < -0.3 is 0 Å². The van der Waals surface area contributed by atoms with Gasteiger partial charge in [-0.15, -0.1) is 0 Å². The van der Waals surface area contributed by atoms with E-state index in [1.807, 2.05) is 12.1 Å². The van der Waals surface area contributed by atoms with Crippen molar-refractivity contribution >= 4 is 34.2 Å². The first-order valence-electron chi connectivity index (χ1n) is 9.75. The number of carbonyl (C=O) groups is 2. The molecule has 0 atom stereocenters. The standard InChI is InChI=1S/C22H21ClN4O3/c1-27-20(29)17-7-3-2-6-16(17)18(26-27)19(28)24-25-21(30)22(12-4-5-13-22)14-8-10-15(23)11-9-14/h2-3,6-11H,4-5,12-13H2,1H3,(H,24,28)(H,25,30). The quantitative estimate of drug-likeness (QED) is 0.632. The van der Waals surface area contributed by atoms with E-state index in [0.29, 0.717) is 28.6 Å². The van der Waals surface area contributed by atoms with Crippen LogP contribution in [0.5, 0.6) is 0 Å². The van der Waals surface area contributed by atoms with Gasteiger partial charge in [0.2, 0.25) is 5.91 Å². The lowest BCUT2D eigenvalue weighted by Crippen LogP contribution is -2.51. The number of aryl methyl sites for hydroxylation is 1. The first-order valence-corrected chi connectivity index (χ1v) is 10.1. The number of rotatable bonds is 3. The molecule has 4 rings (SSSR count). The van der Waals surface area contributed by atoms with Crippen molar-refractivity contribution < 1.29 is 9.59 Å². The summed E-state index contributed by atoms with van der Waals surface area (Å²) in [7, 11) is 1.48. The van der Waals surface area contributed by atoms with Crippen LogP contribution in [0.15, 0.2) is 53.3 Å². The number of fused-ring (bicyclic) bond motifs is 1. The Kier molecular flexibility index (Phi) is 5.30. The summed E-state index contributed by atoms with van der Waals surface area (Å²) in [5.41, 5.74) is 5.00. The molecule has 0 unspecified atom stereocenters. The molecule has 1 fully saturated rings. The van der Waals surface area contributed by atoms with Crippen LogP contribution in [0.1, 0.15) is 41.7 Å². The van der Waals surface area contributed by atoms with E-state index in [1.54, 1.807) is 36.4 Å². The molecule has 1 aromatic heterocycles. The Hall–Kier alpha value is -3.19. The molecule has 1 aliphatic carbocycles. The maximum atomic E-state index is 13.1. The summed E-state index contributed by atoms with van der Waals surface area (Å²) in [5.74, 6) is -0.857. The van der Waals surface area contributed by atoms with E-state index in [9.17, 15) is 14.4 Å². The van der Waals surface area contributed by atoms with Gasteiger partial charge in [0.1, 0.15) is 0 Å². The first-order chi connectivity index (χ1) is 14.4. The monoisotopic (exact) mass is 424 g/mol. The minimum absolute atomic E-state index is 0.0694. The van der Waals surface area contributed by atoms with Crippen molar-refractivity contribution in [2.75, 3.05) is 0 Å². The van der Waals surface area contributed by atoms with E-state index in [4.69, 9.17) is 11.6 Å². The number of hydrogen-bond donors (Lipinski definition) is 2. The maximum Gasteiger partial charge on any atom is 0.290 e. The third-order valence-electron chi connectivity index (χ3n) is 5.75. The minimum atomic E-state index is -0.711. The average Bonchev–Trinajstić information content (AvgIpc) is 3.26. The number of carbonyl (C=O) groups excluding carboxylic acids is 2. The zero-order valence-corrected chi connectivity index (χ0v) is 17.2. The molecule has 2 amide bonds. The van der Waals surface area contributed by atoms with Gasteiger partial charge >= 0.3 is 0 Å². The summed E-state index contributed by atoms with van der Waals surface area (Å²) in [6.07, 6.45) is 3.24. The van der Waals surface area contributed by atoms with Gasteiger partial charge in [0.15, 0.2) is 5.69 Å². The number of amides is 2. The second kappa shape index (κ2) is 7.91. The number of hydrazine groups is 1. The lowest BCUT2D eigenvalue weighted by Gasteiger charge is -2.28. The third kappa shape index (κ3) is 3.45. The van der Waals surface area contributed by atoms with E-state index >= 15 is 0 Å². The van der Waals surface area contributed by atoms with Gasteiger partial charge in [-0.1, -0.05) is 54.8 Å². The van der Waals surface area contributed by atoms with Crippen LogP contribution in [-0.4, -0.2) is 21.6 Å². The molecule has 8 heteroatoms. The smallest absolute Gasteiger partial charge is 0.272 e. The van der Waals surface area contributed by atoms with E-state index in [1.165, 1.54) is 7.05 Å². The molecule has 2 N–H and O–H groups in total.